The summed E-state index contributed by atoms with van der Waals surface area (Å²) in [6.45, 7) is 4.96. The van der Waals surface area contributed by atoms with E-state index in [1.165, 1.54) is 0 Å². The van der Waals surface area contributed by atoms with Gasteiger partial charge in [0.2, 0.25) is 5.91 Å². The Balaban J connectivity index is 1.64. The summed E-state index contributed by atoms with van der Waals surface area (Å²) >= 11 is 0. The molecule has 1 heterocycles. The zero-order valence-corrected chi connectivity index (χ0v) is 17.7. The van der Waals surface area contributed by atoms with Crippen molar-refractivity contribution in [1.82, 2.24) is 5.32 Å². The first-order chi connectivity index (χ1) is 14.5. The van der Waals surface area contributed by atoms with Crippen molar-refractivity contribution >= 4 is 23.3 Å². The number of ether oxygens (including phenoxy) is 2. The number of nitrogens with zero attached hydrogens (tertiary/aromatic N) is 1. The van der Waals surface area contributed by atoms with Gasteiger partial charge in [0, 0.05) is 25.2 Å². The van der Waals surface area contributed by atoms with E-state index in [1.54, 1.807) is 30.2 Å². The van der Waals surface area contributed by atoms with Gasteiger partial charge in [0.1, 0.15) is 11.5 Å². The Kier molecular flexibility index (Phi) is 7.17. The van der Waals surface area contributed by atoms with E-state index in [0.29, 0.717) is 36.6 Å². The number of carbonyl (C=O) groups is 2. The molecule has 0 atom stereocenters. The second-order valence-electron chi connectivity index (χ2n) is 7.51. The maximum Gasteiger partial charge on any atom is 0.319 e. The minimum absolute atomic E-state index is 0.0737. The molecule has 160 valence electrons. The summed E-state index contributed by atoms with van der Waals surface area (Å²) in [5.74, 6) is 1.46. The van der Waals surface area contributed by atoms with Gasteiger partial charge in [-0.05, 0) is 62.6 Å². The van der Waals surface area contributed by atoms with E-state index in [0.717, 1.165) is 24.2 Å². The standard InChI is InChI=1S/C23H29N3O4/c1-16(2)30-19-8-6-7-17(13-19)15-24-23(28)25-18-10-11-21(29-3)20(14-18)26-12-5-4-9-22(26)27/h6-8,10-11,13-14,16H,4-5,9,12,15H2,1-3H3,(H2,24,25,28). The molecule has 3 rings (SSSR count). The fourth-order valence-corrected chi connectivity index (χ4v) is 3.40. The van der Waals surface area contributed by atoms with Crippen molar-refractivity contribution in [3.63, 3.8) is 0 Å². The molecule has 2 N–H and O–H groups in total. The van der Waals surface area contributed by atoms with Gasteiger partial charge in [-0.2, -0.15) is 0 Å². The first kappa shape index (κ1) is 21.5. The molecule has 1 fully saturated rings. The second kappa shape index (κ2) is 10.0. The van der Waals surface area contributed by atoms with Crippen molar-refractivity contribution in [2.45, 2.75) is 45.8 Å². The summed E-state index contributed by atoms with van der Waals surface area (Å²) in [5.41, 5.74) is 2.22. The molecule has 2 aromatic rings. The van der Waals surface area contributed by atoms with Gasteiger partial charge in [-0.25, -0.2) is 4.79 Å². The summed E-state index contributed by atoms with van der Waals surface area (Å²) in [5, 5.41) is 5.68. The Morgan fingerprint density at radius 3 is 2.73 bits per heavy atom. The number of nitrogens with one attached hydrogen (secondary N) is 2. The number of benzene rings is 2. The minimum Gasteiger partial charge on any atom is -0.495 e. The third kappa shape index (κ3) is 5.65. The van der Waals surface area contributed by atoms with Crippen LogP contribution in [0.5, 0.6) is 11.5 Å². The van der Waals surface area contributed by atoms with E-state index in [-0.39, 0.29) is 18.0 Å². The number of methoxy groups -OCH3 is 1. The maximum absolute atomic E-state index is 12.4. The van der Waals surface area contributed by atoms with Crippen LogP contribution >= 0.6 is 0 Å². The molecule has 0 aliphatic carbocycles. The minimum atomic E-state index is -0.328. The number of hydrogen-bond donors (Lipinski definition) is 2. The van der Waals surface area contributed by atoms with Crippen molar-refractivity contribution in [2.24, 2.45) is 0 Å². The highest BCUT2D eigenvalue weighted by Gasteiger charge is 2.23. The largest absolute Gasteiger partial charge is 0.495 e. The van der Waals surface area contributed by atoms with E-state index in [9.17, 15) is 9.59 Å². The number of anilines is 2. The summed E-state index contributed by atoms with van der Waals surface area (Å²) in [4.78, 5) is 26.4. The van der Waals surface area contributed by atoms with E-state index in [4.69, 9.17) is 9.47 Å². The highest BCUT2D eigenvalue weighted by Crippen LogP contribution is 2.33. The molecular formula is C23H29N3O4. The van der Waals surface area contributed by atoms with Crippen LogP contribution in [-0.2, 0) is 11.3 Å². The van der Waals surface area contributed by atoms with Crippen LogP contribution in [-0.4, -0.2) is 31.7 Å². The van der Waals surface area contributed by atoms with Crippen LogP contribution in [0.2, 0.25) is 0 Å². The number of urea groups is 1. The number of amides is 3. The molecule has 1 saturated heterocycles. The topological polar surface area (TPSA) is 79.9 Å². The van der Waals surface area contributed by atoms with Crippen molar-refractivity contribution in [1.29, 1.82) is 0 Å². The third-order valence-corrected chi connectivity index (χ3v) is 4.77. The Morgan fingerprint density at radius 2 is 2.00 bits per heavy atom. The van der Waals surface area contributed by atoms with Crippen molar-refractivity contribution in [3.8, 4) is 11.5 Å². The third-order valence-electron chi connectivity index (χ3n) is 4.77. The Labute approximate surface area is 177 Å². The molecule has 0 aromatic heterocycles. The number of carbonyl (C=O) groups excluding carboxylic acids is 2. The SMILES string of the molecule is COc1ccc(NC(=O)NCc2cccc(OC(C)C)c2)cc1N1CCCCC1=O. The van der Waals surface area contributed by atoms with Crippen LogP contribution in [0.1, 0.15) is 38.7 Å². The summed E-state index contributed by atoms with van der Waals surface area (Å²) in [7, 11) is 1.57. The molecule has 2 aromatic carbocycles. The summed E-state index contributed by atoms with van der Waals surface area (Å²) in [6, 6.07) is 12.6. The zero-order chi connectivity index (χ0) is 21.5. The molecule has 3 amide bonds. The lowest BCUT2D eigenvalue weighted by atomic mass is 10.1. The number of hydrogen-bond acceptors (Lipinski definition) is 4. The fraction of sp³-hybridized carbons (Fsp3) is 0.391. The van der Waals surface area contributed by atoms with Gasteiger partial charge in [0.05, 0.1) is 18.9 Å². The van der Waals surface area contributed by atoms with Crippen LogP contribution in [0.25, 0.3) is 0 Å². The molecule has 0 bridgehead atoms. The van der Waals surface area contributed by atoms with Gasteiger partial charge in [-0.3, -0.25) is 4.79 Å². The Hall–Kier alpha value is -3.22. The highest BCUT2D eigenvalue weighted by atomic mass is 16.5. The molecule has 7 heteroatoms. The molecular weight excluding hydrogens is 382 g/mol. The van der Waals surface area contributed by atoms with Crippen molar-refractivity contribution in [2.75, 3.05) is 23.9 Å². The molecule has 30 heavy (non-hydrogen) atoms. The molecule has 7 nitrogen and oxygen atoms in total. The second-order valence-corrected chi connectivity index (χ2v) is 7.51. The van der Waals surface area contributed by atoms with Crippen LogP contribution in [0.15, 0.2) is 42.5 Å². The van der Waals surface area contributed by atoms with E-state index in [1.807, 2.05) is 38.1 Å². The zero-order valence-electron chi connectivity index (χ0n) is 17.7. The van der Waals surface area contributed by atoms with Gasteiger partial charge < -0.3 is 25.0 Å². The summed E-state index contributed by atoms with van der Waals surface area (Å²) < 4.78 is 11.1. The molecule has 0 unspecified atom stereocenters. The first-order valence-electron chi connectivity index (χ1n) is 10.2. The van der Waals surface area contributed by atoms with Crippen LogP contribution in [0, 0.1) is 0 Å². The van der Waals surface area contributed by atoms with Crippen LogP contribution < -0.4 is 25.0 Å². The summed E-state index contributed by atoms with van der Waals surface area (Å²) in [6.07, 6.45) is 2.47. The van der Waals surface area contributed by atoms with Gasteiger partial charge in [-0.1, -0.05) is 12.1 Å². The molecule has 0 saturated carbocycles. The molecule has 1 aliphatic heterocycles. The lowest BCUT2D eigenvalue weighted by Gasteiger charge is -2.28. The van der Waals surface area contributed by atoms with E-state index >= 15 is 0 Å². The average Bonchev–Trinajstić information content (AvgIpc) is 2.72. The lowest BCUT2D eigenvalue weighted by Crippen LogP contribution is -2.35. The maximum atomic E-state index is 12.4. The predicted molar refractivity (Wildman–Crippen MR) is 117 cm³/mol. The van der Waals surface area contributed by atoms with Gasteiger partial charge in [0.25, 0.3) is 0 Å². The van der Waals surface area contributed by atoms with E-state index in [2.05, 4.69) is 10.6 Å². The van der Waals surface area contributed by atoms with Crippen LogP contribution in [0.3, 0.4) is 0 Å². The lowest BCUT2D eigenvalue weighted by molar-refractivity contribution is -0.119. The molecule has 1 aliphatic rings. The Bertz CT molecular complexity index is 898. The average molecular weight is 412 g/mol. The monoisotopic (exact) mass is 411 g/mol. The molecule has 0 spiro atoms. The normalized spacial score (nSPS) is 13.9. The first-order valence-corrected chi connectivity index (χ1v) is 10.2. The van der Waals surface area contributed by atoms with Gasteiger partial charge >= 0.3 is 6.03 Å². The fourth-order valence-electron chi connectivity index (χ4n) is 3.40. The quantitative estimate of drug-likeness (QED) is 0.711. The van der Waals surface area contributed by atoms with Crippen molar-refractivity contribution < 1.29 is 19.1 Å². The Morgan fingerprint density at radius 1 is 1.17 bits per heavy atom. The predicted octanol–water partition coefficient (Wildman–Crippen LogP) is 4.32. The van der Waals surface area contributed by atoms with E-state index < -0.39 is 0 Å². The van der Waals surface area contributed by atoms with Crippen molar-refractivity contribution in [3.05, 3.63) is 48.0 Å². The highest BCUT2D eigenvalue weighted by molar-refractivity contribution is 5.97. The molecule has 0 radical (unpaired) electrons. The van der Waals surface area contributed by atoms with Crippen LogP contribution in [0.4, 0.5) is 16.2 Å². The number of piperidine rings is 1. The smallest absolute Gasteiger partial charge is 0.319 e. The number of rotatable bonds is 7. The van der Waals surface area contributed by atoms with Gasteiger partial charge in [-0.15, -0.1) is 0 Å². The van der Waals surface area contributed by atoms with Gasteiger partial charge in [0.15, 0.2) is 0 Å².